The molecule has 0 N–H and O–H groups in total. The normalized spacial score (nSPS) is 13.4. The standard InChI is InChI=1S/C24H24N2O2S/c1-15(17-9-10-19-14-20(28-4)12-11-18(19)13-17)24(27)26(3)16(2)23-25-21-7-5-6-8-22(21)29-23/h5-16H,1-4H3/t15-,16+/m0/s1. The number of likely N-dealkylation sites (N-methyl/N-ethyl adjacent to an activating group) is 1. The maximum atomic E-state index is 13.2. The summed E-state index contributed by atoms with van der Waals surface area (Å²) < 4.78 is 6.44. The number of hydrogen-bond donors (Lipinski definition) is 0. The zero-order valence-electron chi connectivity index (χ0n) is 17.0. The summed E-state index contributed by atoms with van der Waals surface area (Å²) >= 11 is 1.65. The molecule has 0 bridgehead atoms. The van der Waals surface area contributed by atoms with E-state index < -0.39 is 0 Å². The summed E-state index contributed by atoms with van der Waals surface area (Å²) in [5.41, 5.74) is 1.99. The van der Waals surface area contributed by atoms with Crippen molar-refractivity contribution in [3.8, 4) is 5.75 Å². The molecule has 0 fully saturated rings. The van der Waals surface area contributed by atoms with Gasteiger partial charge in [0.05, 0.1) is 29.3 Å². The average molecular weight is 405 g/mol. The van der Waals surface area contributed by atoms with Gasteiger partial charge in [0.25, 0.3) is 0 Å². The molecule has 0 radical (unpaired) electrons. The third-order valence-corrected chi connectivity index (χ3v) is 6.74. The highest BCUT2D eigenvalue weighted by Crippen LogP contribution is 2.31. The van der Waals surface area contributed by atoms with Gasteiger partial charge in [0.2, 0.25) is 5.91 Å². The van der Waals surface area contributed by atoms with Crippen molar-refractivity contribution >= 4 is 38.2 Å². The second-order valence-electron chi connectivity index (χ2n) is 7.34. The molecule has 0 aliphatic heterocycles. The lowest BCUT2D eigenvalue weighted by molar-refractivity contribution is -0.133. The van der Waals surface area contributed by atoms with Crippen molar-refractivity contribution in [2.45, 2.75) is 25.8 Å². The van der Waals surface area contributed by atoms with E-state index in [-0.39, 0.29) is 17.9 Å². The Hall–Kier alpha value is -2.92. The molecule has 0 unspecified atom stereocenters. The molecule has 0 aliphatic carbocycles. The van der Waals surface area contributed by atoms with Crippen molar-refractivity contribution in [2.24, 2.45) is 0 Å². The van der Waals surface area contributed by atoms with Gasteiger partial charge in [-0.05, 0) is 54.4 Å². The smallest absolute Gasteiger partial charge is 0.230 e. The van der Waals surface area contributed by atoms with Crippen LogP contribution in [0.25, 0.3) is 21.0 Å². The number of methoxy groups -OCH3 is 1. The van der Waals surface area contributed by atoms with Crippen molar-refractivity contribution < 1.29 is 9.53 Å². The Morgan fingerprint density at radius 1 is 1.03 bits per heavy atom. The summed E-state index contributed by atoms with van der Waals surface area (Å²) in [5.74, 6) is 0.687. The summed E-state index contributed by atoms with van der Waals surface area (Å²) in [6.07, 6.45) is 0. The van der Waals surface area contributed by atoms with Gasteiger partial charge in [-0.25, -0.2) is 4.98 Å². The molecule has 0 saturated heterocycles. The van der Waals surface area contributed by atoms with E-state index in [1.807, 2.05) is 69.4 Å². The van der Waals surface area contributed by atoms with Crippen LogP contribution in [0.2, 0.25) is 0 Å². The highest BCUT2D eigenvalue weighted by Gasteiger charge is 2.25. The Kier molecular flexibility index (Phi) is 5.24. The maximum Gasteiger partial charge on any atom is 0.230 e. The van der Waals surface area contributed by atoms with Crippen molar-refractivity contribution in [3.05, 3.63) is 71.2 Å². The van der Waals surface area contributed by atoms with Crippen molar-refractivity contribution in [1.82, 2.24) is 9.88 Å². The Labute approximate surface area is 174 Å². The number of thiazole rings is 1. The fraction of sp³-hybridized carbons (Fsp3) is 0.250. The zero-order chi connectivity index (χ0) is 20.5. The molecule has 3 aromatic carbocycles. The molecule has 1 aromatic heterocycles. The summed E-state index contributed by atoms with van der Waals surface area (Å²) in [6.45, 7) is 4.00. The van der Waals surface area contributed by atoms with Gasteiger partial charge in [-0.1, -0.05) is 36.4 Å². The highest BCUT2D eigenvalue weighted by molar-refractivity contribution is 7.18. The van der Waals surface area contributed by atoms with Crippen LogP contribution in [-0.4, -0.2) is 29.9 Å². The van der Waals surface area contributed by atoms with Crippen LogP contribution >= 0.6 is 11.3 Å². The Bertz CT molecular complexity index is 1150. The lowest BCUT2D eigenvalue weighted by Gasteiger charge is -2.26. The first-order chi connectivity index (χ1) is 14.0. The predicted molar refractivity (Wildman–Crippen MR) is 120 cm³/mol. The van der Waals surface area contributed by atoms with Crippen LogP contribution in [0.3, 0.4) is 0 Å². The largest absolute Gasteiger partial charge is 0.497 e. The molecule has 4 nitrogen and oxygen atoms in total. The average Bonchev–Trinajstić information content (AvgIpc) is 3.20. The first kappa shape index (κ1) is 19.4. The molecule has 148 valence electrons. The van der Waals surface area contributed by atoms with Crippen LogP contribution in [0.5, 0.6) is 5.75 Å². The van der Waals surface area contributed by atoms with Gasteiger partial charge in [-0.3, -0.25) is 4.79 Å². The number of carbonyl (C=O) groups is 1. The molecule has 0 aliphatic rings. The first-order valence-electron chi connectivity index (χ1n) is 9.68. The van der Waals surface area contributed by atoms with E-state index in [4.69, 9.17) is 9.72 Å². The van der Waals surface area contributed by atoms with E-state index in [1.54, 1.807) is 23.3 Å². The van der Waals surface area contributed by atoms with Crippen molar-refractivity contribution in [2.75, 3.05) is 14.2 Å². The number of fused-ring (bicyclic) bond motifs is 2. The number of amides is 1. The second-order valence-corrected chi connectivity index (χ2v) is 8.40. The van der Waals surface area contributed by atoms with Gasteiger partial charge in [0, 0.05) is 7.05 Å². The minimum absolute atomic E-state index is 0.0768. The summed E-state index contributed by atoms with van der Waals surface area (Å²) in [5, 5.41) is 3.16. The highest BCUT2D eigenvalue weighted by atomic mass is 32.1. The Balaban J connectivity index is 1.56. The fourth-order valence-corrected chi connectivity index (χ4v) is 4.57. The minimum Gasteiger partial charge on any atom is -0.497 e. The number of rotatable bonds is 5. The molecular formula is C24H24N2O2S. The van der Waals surface area contributed by atoms with Gasteiger partial charge in [-0.15, -0.1) is 11.3 Å². The van der Waals surface area contributed by atoms with Crippen LogP contribution in [0.15, 0.2) is 60.7 Å². The number of para-hydroxylation sites is 1. The van der Waals surface area contributed by atoms with Gasteiger partial charge >= 0.3 is 0 Å². The number of nitrogens with zero attached hydrogens (tertiary/aromatic N) is 2. The number of hydrogen-bond acceptors (Lipinski definition) is 4. The molecule has 5 heteroatoms. The third-order valence-electron chi connectivity index (χ3n) is 5.54. The second kappa shape index (κ2) is 7.84. The van der Waals surface area contributed by atoms with E-state index in [0.29, 0.717) is 0 Å². The first-order valence-corrected chi connectivity index (χ1v) is 10.5. The molecule has 4 aromatic rings. The summed E-state index contributed by atoms with van der Waals surface area (Å²) in [4.78, 5) is 19.7. The summed E-state index contributed by atoms with van der Waals surface area (Å²) in [6, 6.07) is 20.2. The molecule has 1 amide bonds. The van der Waals surface area contributed by atoms with Crippen molar-refractivity contribution in [3.63, 3.8) is 0 Å². The Morgan fingerprint density at radius 3 is 2.52 bits per heavy atom. The van der Waals surface area contributed by atoms with Crippen LogP contribution < -0.4 is 4.74 Å². The molecular weight excluding hydrogens is 380 g/mol. The quantitative estimate of drug-likeness (QED) is 0.423. The summed E-state index contributed by atoms with van der Waals surface area (Å²) in [7, 11) is 3.53. The lowest BCUT2D eigenvalue weighted by Crippen LogP contribution is -2.33. The van der Waals surface area contributed by atoms with E-state index in [9.17, 15) is 4.79 Å². The molecule has 29 heavy (non-hydrogen) atoms. The molecule has 2 atom stereocenters. The minimum atomic E-state index is -0.233. The molecule has 0 saturated carbocycles. The monoisotopic (exact) mass is 404 g/mol. The maximum absolute atomic E-state index is 13.2. The van der Waals surface area contributed by atoms with Crippen molar-refractivity contribution in [1.29, 1.82) is 0 Å². The molecule has 0 spiro atoms. The number of aromatic nitrogens is 1. The van der Waals surface area contributed by atoms with E-state index in [0.717, 1.165) is 37.3 Å². The predicted octanol–water partition coefficient (Wildman–Crippen LogP) is 5.78. The van der Waals surface area contributed by atoms with E-state index in [1.165, 1.54) is 0 Å². The number of ether oxygens (including phenoxy) is 1. The van der Waals surface area contributed by atoms with Crippen LogP contribution in [0, 0.1) is 0 Å². The lowest BCUT2D eigenvalue weighted by atomic mass is 9.96. The van der Waals surface area contributed by atoms with Gasteiger partial charge in [-0.2, -0.15) is 0 Å². The van der Waals surface area contributed by atoms with Crippen LogP contribution in [0.4, 0.5) is 0 Å². The number of carbonyl (C=O) groups excluding carboxylic acids is 1. The SMILES string of the molecule is COc1ccc2cc([C@H](C)C(=O)N(C)[C@H](C)c3nc4ccccc4s3)ccc2c1. The van der Waals surface area contributed by atoms with Crippen LogP contribution in [0.1, 0.15) is 36.4 Å². The Morgan fingerprint density at radius 2 is 1.76 bits per heavy atom. The molecule has 4 rings (SSSR count). The number of benzene rings is 3. The van der Waals surface area contributed by atoms with E-state index >= 15 is 0 Å². The van der Waals surface area contributed by atoms with Gasteiger partial charge < -0.3 is 9.64 Å². The fourth-order valence-electron chi connectivity index (χ4n) is 3.51. The molecule has 1 heterocycles. The van der Waals surface area contributed by atoms with Gasteiger partial charge in [0.1, 0.15) is 10.8 Å². The topological polar surface area (TPSA) is 42.4 Å². The third kappa shape index (κ3) is 3.70. The van der Waals surface area contributed by atoms with Gasteiger partial charge in [0.15, 0.2) is 0 Å². The van der Waals surface area contributed by atoms with Crippen LogP contribution in [-0.2, 0) is 4.79 Å². The van der Waals surface area contributed by atoms with E-state index in [2.05, 4.69) is 12.1 Å². The zero-order valence-corrected chi connectivity index (χ0v) is 17.9.